The third kappa shape index (κ3) is 1.60. The van der Waals surface area contributed by atoms with E-state index in [1.165, 1.54) is 0 Å². The predicted molar refractivity (Wildman–Crippen MR) is 60.3 cm³/mol. The molecule has 1 aromatic heterocycles. The monoisotopic (exact) mass is 251 g/mol. The molecule has 0 spiro atoms. The van der Waals surface area contributed by atoms with Crippen LogP contribution in [0.1, 0.15) is 6.92 Å². The topological polar surface area (TPSA) is 22.0 Å². The van der Waals surface area contributed by atoms with Gasteiger partial charge in [0.15, 0.2) is 0 Å². The minimum atomic E-state index is 0.169. The first-order valence-electron chi connectivity index (χ1n) is 4.41. The summed E-state index contributed by atoms with van der Waals surface area (Å²) in [6.07, 6.45) is 1.94. The summed E-state index contributed by atoms with van der Waals surface area (Å²) in [5.41, 5.74) is 1.09. The summed E-state index contributed by atoms with van der Waals surface area (Å²) in [7, 11) is 0. The number of Topliss-reactive ketones (excluding diaryl/α,β-unsaturated/α-hetero) is 1. The highest BCUT2D eigenvalue weighted by Crippen LogP contribution is 2.24. The van der Waals surface area contributed by atoms with Crippen LogP contribution in [0.25, 0.3) is 10.9 Å². The van der Waals surface area contributed by atoms with Gasteiger partial charge >= 0.3 is 0 Å². The third-order valence-electron chi connectivity index (χ3n) is 2.15. The summed E-state index contributed by atoms with van der Waals surface area (Å²) >= 11 is 3.48. The highest BCUT2D eigenvalue weighted by atomic mass is 79.9. The van der Waals surface area contributed by atoms with E-state index in [2.05, 4.69) is 15.9 Å². The molecule has 2 nitrogen and oxygen atoms in total. The highest BCUT2D eigenvalue weighted by Gasteiger charge is 2.04. The minimum absolute atomic E-state index is 0.169. The Morgan fingerprint density at radius 3 is 2.93 bits per heavy atom. The maximum absolute atomic E-state index is 11.0. The molecule has 2 aromatic rings. The van der Waals surface area contributed by atoms with Crippen LogP contribution in [-0.4, -0.2) is 10.4 Å². The van der Waals surface area contributed by atoms with Crippen LogP contribution in [0.4, 0.5) is 0 Å². The molecule has 0 unspecified atom stereocenters. The molecule has 0 amide bonds. The van der Waals surface area contributed by atoms with Gasteiger partial charge in [-0.1, -0.05) is 22.0 Å². The predicted octanol–water partition coefficient (Wildman–Crippen LogP) is 2.99. The van der Waals surface area contributed by atoms with E-state index >= 15 is 0 Å². The molecule has 0 aliphatic heterocycles. The van der Waals surface area contributed by atoms with E-state index in [0.717, 1.165) is 15.4 Å². The molecule has 0 aliphatic carbocycles. The summed E-state index contributed by atoms with van der Waals surface area (Å²) in [6.45, 7) is 2.05. The summed E-state index contributed by atoms with van der Waals surface area (Å²) < 4.78 is 3.03. The zero-order chi connectivity index (χ0) is 10.1. The Morgan fingerprint density at radius 2 is 2.21 bits per heavy atom. The lowest BCUT2D eigenvalue weighted by Gasteiger charge is -2.01. The van der Waals surface area contributed by atoms with Gasteiger partial charge in [0.2, 0.25) is 0 Å². The Kier molecular flexibility index (Phi) is 2.42. The fraction of sp³-hybridized carbons (Fsp3) is 0.182. The van der Waals surface area contributed by atoms with Crippen LogP contribution in [0.15, 0.2) is 34.9 Å². The van der Waals surface area contributed by atoms with Crippen molar-refractivity contribution >= 4 is 32.6 Å². The lowest BCUT2D eigenvalue weighted by atomic mass is 10.2. The quantitative estimate of drug-likeness (QED) is 0.805. The molecule has 3 heteroatoms. The fourth-order valence-electron chi connectivity index (χ4n) is 1.56. The average Bonchev–Trinajstić information content (AvgIpc) is 2.49. The second-order valence-electron chi connectivity index (χ2n) is 3.32. The van der Waals surface area contributed by atoms with Crippen molar-refractivity contribution in [3.05, 3.63) is 34.9 Å². The lowest BCUT2D eigenvalue weighted by Crippen LogP contribution is -2.04. The number of hydrogen-bond donors (Lipinski definition) is 0. The molecular weight excluding hydrogens is 242 g/mol. The summed E-state index contributed by atoms with van der Waals surface area (Å²) in [5, 5.41) is 1.15. The Labute approximate surface area is 90.7 Å². The molecule has 2 rings (SSSR count). The number of carbonyl (C=O) groups excluding carboxylic acids is 1. The molecule has 0 bridgehead atoms. The van der Waals surface area contributed by atoms with Gasteiger partial charge in [-0.15, -0.1) is 0 Å². The summed E-state index contributed by atoms with van der Waals surface area (Å²) in [5.74, 6) is 0.169. The van der Waals surface area contributed by atoms with Crippen LogP contribution in [0.3, 0.4) is 0 Å². The zero-order valence-corrected chi connectivity index (χ0v) is 9.41. The number of halogens is 1. The molecular formula is C11H10BrNO. The van der Waals surface area contributed by atoms with E-state index < -0.39 is 0 Å². The molecule has 14 heavy (non-hydrogen) atoms. The number of benzene rings is 1. The van der Waals surface area contributed by atoms with Gasteiger partial charge in [0.05, 0.1) is 6.54 Å². The molecule has 0 N–H and O–H groups in total. The van der Waals surface area contributed by atoms with E-state index in [1.807, 2.05) is 35.0 Å². The van der Waals surface area contributed by atoms with Crippen molar-refractivity contribution in [2.75, 3.05) is 0 Å². The molecule has 0 aliphatic rings. The largest absolute Gasteiger partial charge is 0.340 e. The summed E-state index contributed by atoms with van der Waals surface area (Å²) in [4.78, 5) is 11.0. The van der Waals surface area contributed by atoms with E-state index in [-0.39, 0.29) is 5.78 Å². The Balaban J connectivity index is 2.58. The molecule has 0 saturated carbocycles. The van der Waals surface area contributed by atoms with Crippen molar-refractivity contribution in [3.63, 3.8) is 0 Å². The van der Waals surface area contributed by atoms with E-state index in [1.54, 1.807) is 6.92 Å². The third-order valence-corrected chi connectivity index (χ3v) is 2.84. The number of hydrogen-bond acceptors (Lipinski definition) is 1. The van der Waals surface area contributed by atoms with E-state index in [9.17, 15) is 4.79 Å². The fourth-order valence-corrected chi connectivity index (χ4v) is 2.05. The molecule has 1 heterocycles. The summed E-state index contributed by atoms with van der Waals surface area (Å²) in [6, 6.07) is 8.01. The maximum Gasteiger partial charge on any atom is 0.149 e. The van der Waals surface area contributed by atoms with Gasteiger partial charge in [-0.05, 0) is 25.1 Å². The van der Waals surface area contributed by atoms with Crippen molar-refractivity contribution in [2.24, 2.45) is 0 Å². The second-order valence-corrected chi connectivity index (χ2v) is 4.17. The van der Waals surface area contributed by atoms with Gasteiger partial charge in [0.25, 0.3) is 0 Å². The first-order valence-corrected chi connectivity index (χ1v) is 5.20. The van der Waals surface area contributed by atoms with Crippen LogP contribution >= 0.6 is 15.9 Å². The molecule has 1 aromatic carbocycles. The van der Waals surface area contributed by atoms with E-state index in [0.29, 0.717) is 6.54 Å². The number of ketones is 1. The van der Waals surface area contributed by atoms with Gasteiger partial charge in [-0.25, -0.2) is 0 Å². The molecule has 0 fully saturated rings. The van der Waals surface area contributed by atoms with Crippen molar-refractivity contribution in [1.29, 1.82) is 0 Å². The van der Waals surface area contributed by atoms with Crippen LogP contribution < -0.4 is 0 Å². The van der Waals surface area contributed by atoms with Gasteiger partial charge in [0.1, 0.15) is 5.78 Å². The lowest BCUT2D eigenvalue weighted by molar-refractivity contribution is -0.117. The Hall–Kier alpha value is -1.09. The molecule has 0 saturated heterocycles. The Bertz CT molecular complexity index is 487. The van der Waals surface area contributed by atoms with Crippen molar-refractivity contribution < 1.29 is 4.79 Å². The van der Waals surface area contributed by atoms with Crippen LogP contribution in [-0.2, 0) is 11.3 Å². The molecule has 72 valence electrons. The van der Waals surface area contributed by atoms with Gasteiger partial charge in [0, 0.05) is 21.6 Å². The Morgan fingerprint density at radius 1 is 1.43 bits per heavy atom. The van der Waals surface area contributed by atoms with Crippen molar-refractivity contribution in [3.8, 4) is 0 Å². The molecule has 0 radical (unpaired) electrons. The van der Waals surface area contributed by atoms with Gasteiger partial charge < -0.3 is 4.57 Å². The number of rotatable bonds is 2. The van der Waals surface area contributed by atoms with Gasteiger partial charge in [-0.2, -0.15) is 0 Å². The number of carbonyl (C=O) groups is 1. The molecule has 0 atom stereocenters. The second kappa shape index (κ2) is 3.58. The van der Waals surface area contributed by atoms with E-state index in [4.69, 9.17) is 0 Å². The van der Waals surface area contributed by atoms with Gasteiger partial charge in [-0.3, -0.25) is 4.79 Å². The smallest absolute Gasteiger partial charge is 0.149 e. The number of aromatic nitrogens is 1. The standard InChI is InChI=1S/C11H10BrNO/c1-8(14)7-13-6-5-9-10(12)3-2-4-11(9)13/h2-6H,7H2,1H3. The minimum Gasteiger partial charge on any atom is -0.340 e. The van der Waals surface area contributed by atoms with Crippen molar-refractivity contribution in [1.82, 2.24) is 4.57 Å². The maximum atomic E-state index is 11.0. The highest BCUT2D eigenvalue weighted by molar-refractivity contribution is 9.10. The van der Waals surface area contributed by atoms with Crippen LogP contribution in [0, 0.1) is 0 Å². The average molecular weight is 252 g/mol. The van der Waals surface area contributed by atoms with Crippen LogP contribution in [0.2, 0.25) is 0 Å². The van der Waals surface area contributed by atoms with Crippen molar-refractivity contribution in [2.45, 2.75) is 13.5 Å². The SMILES string of the molecule is CC(=O)Cn1ccc2c(Br)cccc21. The first-order chi connectivity index (χ1) is 6.68. The number of nitrogens with zero attached hydrogens (tertiary/aromatic N) is 1. The first kappa shape index (κ1) is 9.46. The normalized spacial score (nSPS) is 10.7. The number of fused-ring (bicyclic) bond motifs is 1. The zero-order valence-electron chi connectivity index (χ0n) is 7.83. The van der Waals surface area contributed by atoms with Crippen LogP contribution in [0.5, 0.6) is 0 Å².